The van der Waals surface area contributed by atoms with Crippen molar-refractivity contribution in [3.63, 3.8) is 0 Å². The normalized spacial score (nSPS) is 8.75. The smallest absolute Gasteiger partial charge is 0.545 e. The van der Waals surface area contributed by atoms with Crippen molar-refractivity contribution < 1.29 is 61.3 Å². The summed E-state index contributed by atoms with van der Waals surface area (Å²) in [7, 11) is 0. The minimum absolute atomic E-state index is 0. The van der Waals surface area contributed by atoms with Gasteiger partial charge in [-0.1, -0.05) is 17.7 Å². The number of halogens is 1. The fourth-order valence-electron chi connectivity index (χ4n) is 0.654. The zero-order valence-electron chi connectivity index (χ0n) is 6.50. The molecule has 0 fully saturated rings. The fourth-order valence-corrected chi connectivity index (χ4v) is 0.835. The van der Waals surface area contributed by atoms with Gasteiger partial charge in [-0.25, -0.2) is 0 Å². The maximum absolute atomic E-state index is 10.3. The number of carbonyl (C=O) groups is 1. The van der Waals surface area contributed by atoms with Crippen LogP contribution in [0.1, 0.15) is 10.4 Å². The standard InChI is InChI=1S/C7H6ClNO2.K/c8-5-3-4(7(10)11)1-2-6(5)9;/h1-3H,9H2,(H,10,11);/q;+1/p-1. The number of rotatable bonds is 1. The van der Waals surface area contributed by atoms with Crippen LogP contribution < -0.4 is 62.2 Å². The summed E-state index contributed by atoms with van der Waals surface area (Å²) in [4.78, 5) is 10.3. The van der Waals surface area contributed by atoms with E-state index in [2.05, 4.69) is 0 Å². The van der Waals surface area contributed by atoms with Crippen LogP contribution in [0.3, 0.4) is 0 Å². The molecule has 5 heteroatoms. The van der Waals surface area contributed by atoms with Gasteiger partial charge in [0.1, 0.15) is 0 Å². The van der Waals surface area contributed by atoms with E-state index in [0.29, 0.717) is 5.69 Å². The van der Waals surface area contributed by atoms with Gasteiger partial charge in [0.15, 0.2) is 0 Å². The van der Waals surface area contributed by atoms with E-state index >= 15 is 0 Å². The third-order valence-corrected chi connectivity index (χ3v) is 1.56. The van der Waals surface area contributed by atoms with E-state index in [4.69, 9.17) is 17.3 Å². The molecule has 1 aromatic carbocycles. The fraction of sp³-hybridized carbons (Fsp3) is 0. The van der Waals surface area contributed by atoms with E-state index in [1.807, 2.05) is 0 Å². The van der Waals surface area contributed by atoms with Crippen molar-refractivity contribution in [2.45, 2.75) is 0 Å². The van der Waals surface area contributed by atoms with E-state index in [1.54, 1.807) is 0 Å². The van der Waals surface area contributed by atoms with Crippen LogP contribution in [0.4, 0.5) is 5.69 Å². The number of carboxylic acids is 1. The Kier molecular flexibility index (Phi) is 5.39. The van der Waals surface area contributed by atoms with Crippen molar-refractivity contribution >= 4 is 23.3 Å². The summed E-state index contributed by atoms with van der Waals surface area (Å²) in [5.74, 6) is -1.26. The number of hydrogen-bond donors (Lipinski definition) is 1. The SMILES string of the molecule is Nc1ccc(C(=O)[O-])cc1Cl.[K+]. The molecule has 58 valence electrons. The second kappa shape index (κ2) is 5.21. The Bertz CT molecular complexity index is 303. The maximum atomic E-state index is 10.3. The predicted molar refractivity (Wildman–Crippen MR) is 40.2 cm³/mol. The van der Waals surface area contributed by atoms with Crippen LogP contribution in [-0.4, -0.2) is 5.97 Å². The van der Waals surface area contributed by atoms with Crippen LogP contribution in [0.2, 0.25) is 5.02 Å². The van der Waals surface area contributed by atoms with Crippen molar-refractivity contribution in [2.75, 3.05) is 5.73 Å². The minimum atomic E-state index is -1.26. The van der Waals surface area contributed by atoms with Gasteiger partial charge >= 0.3 is 51.4 Å². The molecular weight excluding hydrogens is 205 g/mol. The summed E-state index contributed by atoms with van der Waals surface area (Å²) in [6.07, 6.45) is 0. The van der Waals surface area contributed by atoms with E-state index in [0.717, 1.165) is 0 Å². The Morgan fingerprint density at radius 2 is 2.08 bits per heavy atom. The molecule has 0 saturated carbocycles. The molecule has 0 aromatic heterocycles. The monoisotopic (exact) mass is 209 g/mol. The Hall–Kier alpha value is 0.416. The van der Waals surface area contributed by atoms with E-state index in [9.17, 15) is 9.90 Å². The van der Waals surface area contributed by atoms with Gasteiger partial charge in [-0.05, 0) is 17.7 Å². The second-order valence-electron chi connectivity index (χ2n) is 2.02. The molecule has 0 aliphatic rings. The van der Waals surface area contributed by atoms with E-state index in [-0.39, 0.29) is 62.0 Å². The number of carboxylic acid groups (broad SMARTS) is 1. The topological polar surface area (TPSA) is 66.2 Å². The number of nitrogen functional groups attached to an aromatic ring is 1. The number of hydrogen-bond acceptors (Lipinski definition) is 3. The van der Waals surface area contributed by atoms with E-state index in [1.165, 1.54) is 18.2 Å². The van der Waals surface area contributed by atoms with Crippen molar-refractivity contribution in [3.8, 4) is 0 Å². The number of anilines is 1. The third-order valence-electron chi connectivity index (χ3n) is 1.24. The van der Waals surface area contributed by atoms with Crippen molar-refractivity contribution in [1.82, 2.24) is 0 Å². The van der Waals surface area contributed by atoms with Crippen LogP contribution in [-0.2, 0) is 0 Å². The molecule has 0 atom stereocenters. The molecule has 0 aliphatic carbocycles. The first kappa shape index (κ1) is 12.4. The number of benzene rings is 1. The van der Waals surface area contributed by atoms with Gasteiger partial charge in [0.05, 0.1) is 16.7 Å². The molecule has 1 rings (SSSR count). The summed E-state index contributed by atoms with van der Waals surface area (Å²) in [5.41, 5.74) is 5.73. The molecule has 0 radical (unpaired) electrons. The molecule has 0 saturated heterocycles. The average Bonchev–Trinajstić information content (AvgIpc) is 1.94. The molecular formula is C7H5ClKNO2. The molecule has 0 bridgehead atoms. The largest absolute Gasteiger partial charge is 1.00 e. The van der Waals surface area contributed by atoms with Gasteiger partial charge < -0.3 is 15.6 Å². The maximum Gasteiger partial charge on any atom is 1.00 e. The van der Waals surface area contributed by atoms with Gasteiger partial charge in [0.2, 0.25) is 0 Å². The molecule has 1 aromatic rings. The van der Waals surface area contributed by atoms with Crippen LogP contribution in [0.25, 0.3) is 0 Å². The zero-order valence-corrected chi connectivity index (χ0v) is 10.4. The van der Waals surface area contributed by atoms with Gasteiger partial charge in [-0.2, -0.15) is 0 Å². The van der Waals surface area contributed by atoms with Gasteiger partial charge in [-0.3, -0.25) is 0 Å². The second-order valence-corrected chi connectivity index (χ2v) is 2.43. The molecule has 3 nitrogen and oxygen atoms in total. The molecule has 2 N–H and O–H groups in total. The third kappa shape index (κ3) is 3.04. The van der Waals surface area contributed by atoms with E-state index < -0.39 is 5.97 Å². The van der Waals surface area contributed by atoms with Crippen LogP contribution in [0, 0.1) is 0 Å². The number of nitrogens with two attached hydrogens (primary N) is 1. The molecule has 0 aliphatic heterocycles. The predicted octanol–water partition coefficient (Wildman–Crippen LogP) is -2.71. The summed E-state index contributed by atoms with van der Waals surface area (Å²) >= 11 is 5.54. The summed E-state index contributed by atoms with van der Waals surface area (Å²) in [6.45, 7) is 0. The Morgan fingerprint density at radius 1 is 1.50 bits per heavy atom. The molecule has 12 heavy (non-hydrogen) atoms. The zero-order chi connectivity index (χ0) is 8.43. The van der Waals surface area contributed by atoms with Gasteiger partial charge in [0.25, 0.3) is 0 Å². The quantitative estimate of drug-likeness (QED) is 0.404. The van der Waals surface area contributed by atoms with Crippen LogP contribution in [0.5, 0.6) is 0 Å². The van der Waals surface area contributed by atoms with Gasteiger partial charge in [-0.15, -0.1) is 0 Å². The first-order chi connectivity index (χ1) is 5.11. The molecule has 0 spiro atoms. The van der Waals surface area contributed by atoms with Crippen LogP contribution >= 0.6 is 11.6 Å². The number of aromatic carboxylic acids is 1. The van der Waals surface area contributed by atoms with Crippen LogP contribution in [0.15, 0.2) is 18.2 Å². The van der Waals surface area contributed by atoms with Crippen molar-refractivity contribution in [1.29, 1.82) is 0 Å². The number of carbonyl (C=O) groups excluding carboxylic acids is 1. The first-order valence-corrected chi connectivity index (χ1v) is 3.25. The summed E-state index contributed by atoms with van der Waals surface area (Å²) in [5, 5.41) is 10.5. The Balaban J connectivity index is 0.00000121. The first-order valence-electron chi connectivity index (χ1n) is 2.87. The van der Waals surface area contributed by atoms with Gasteiger partial charge in [0, 0.05) is 0 Å². The van der Waals surface area contributed by atoms with Crippen molar-refractivity contribution in [3.05, 3.63) is 28.8 Å². The Morgan fingerprint density at radius 3 is 2.50 bits per heavy atom. The van der Waals surface area contributed by atoms with Crippen molar-refractivity contribution in [2.24, 2.45) is 0 Å². The minimum Gasteiger partial charge on any atom is -0.545 e. The molecule has 0 unspecified atom stereocenters. The molecule has 0 amide bonds. The summed E-state index contributed by atoms with van der Waals surface area (Å²) < 4.78 is 0. The summed E-state index contributed by atoms with van der Waals surface area (Å²) in [6, 6.07) is 4.02. The molecule has 0 heterocycles. The Labute approximate surface area is 117 Å². The average molecular weight is 210 g/mol.